The summed E-state index contributed by atoms with van der Waals surface area (Å²) >= 11 is 7.37. The molecule has 0 saturated heterocycles. The standard InChI is InChI=1S/C18H17ClN2O2S/c19-15-4-8-17(9-5-15)23-10-1-11-24-13-18(22)21-16-6-2-14(12-20)3-7-16/h2-9H,1,10-11,13H2,(H,21,22). The van der Waals surface area contributed by atoms with Gasteiger partial charge in [0, 0.05) is 10.7 Å². The molecule has 0 spiro atoms. The Balaban J connectivity index is 1.57. The van der Waals surface area contributed by atoms with Crippen LogP contribution in [0.4, 0.5) is 5.69 Å². The molecule has 1 N–H and O–H groups in total. The number of halogens is 1. The predicted octanol–water partition coefficient (Wildman–Crippen LogP) is 4.35. The monoisotopic (exact) mass is 360 g/mol. The van der Waals surface area contributed by atoms with Crippen molar-refractivity contribution in [2.75, 3.05) is 23.4 Å². The van der Waals surface area contributed by atoms with Crippen LogP contribution in [0.15, 0.2) is 48.5 Å². The third-order valence-corrected chi connectivity index (χ3v) is 4.34. The number of thioether (sulfide) groups is 1. The summed E-state index contributed by atoms with van der Waals surface area (Å²) in [5, 5.41) is 12.2. The lowest BCUT2D eigenvalue weighted by molar-refractivity contribution is -0.113. The molecule has 0 heterocycles. The summed E-state index contributed by atoms with van der Waals surface area (Å²) in [6.45, 7) is 0.603. The van der Waals surface area contributed by atoms with Gasteiger partial charge in [-0.05, 0) is 60.7 Å². The van der Waals surface area contributed by atoms with Crippen molar-refractivity contribution in [2.24, 2.45) is 0 Å². The molecule has 2 aromatic carbocycles. The Bertz CT molecular complexity index is 696. The summed E-state index contributed by atoms with van der Waals surface area (Å²) in [5.41, 5.74) is 1.27. The molecule has 0 saturated carbocycles. The van der Waals surface area contributed by atoms with Gasteiger partial charge in [-0.1, -0.05) is 11.6 Å². The molecule has 0 aliphatic rings. The Morgan fingerprint density at radius 2 is 1.88 bits per heavy atom. The minimum absolute atomic E-state index is 0.0525. The predicted molar refractivity (Wildman–Crippen MR) is 98.7 cm³/mol. The van der Waals surface area contributed by atoms with Crippen molar-refractivity contribution in [1.82, 2.24) is 0 Å². The molecule has 0 fully saturated rings. The first kappa shape index (κ1) is 18.2. The van der Waals surface area contributed by atoms with Crippen molar-refractivity contribution in [3.05, 3.63) is 59.1 Å². The van der Waals surface area contributed by atoms with Gasteiger partial charge in [-0.25, -0.2) is 0 Å². The summed E-state index contributed by atoms with van der Waals surface area (Å²) in [5.74, 6) is 1.97. The topological polar surface area (TPSA) is 62.1 Å². The second-order valence-electron chi connectivity index (χ2n) is 4.95. The van der Waals surface area contributed by atoms with Crippen molar-refractivity contribution >= 4 is 35.0 Å². The lowest BCUT2D eigenvalue weighted by Crippen LogP contribution is -2.14. The van der Waals surface area contributed by atoms with Gasteiger partial charge in [-0.15, -0.1) is 0 Å². The Kier molecular flexibility index (Phi) is 7.47. The molecule has 0 unspecified atom stereocenters. The largest absolute Gasteiger partial charge is 0.494 e. The first-order chi connectivity index (χ1) is 11.7. The maximum Gasteiger partial charge on any atom is 0.234 e. The normalized spacial score (nSPS) is 10.0. The summed E-state index contributed by atoms with van der Waals surface area (Å²) < 4.78 is 5.59. The zero-order chi connectivity index (χ0) is 17.2. The Morgan fingerprint density at radius 1 is 1.17 bits per heavy atom. The zero-order valence-electron chi connectivity index (χ0n) is 13.0. The summed E-state index contributed by atoms with van der Waals surface area (Å²) in [6.07, 6.45) is 0.859. The van der Waals surface area contributed by atoms with E-state index in [1.807, 2.05) is 18.2 Å². The quantitative estimate of drug-likeness (QED) is 0.711. The zero-order valence-corrected chi connectivity index (χ0v) is 14.6. The van der Waals surface area contributed by atoms with Gasteiger partial charge in [0.25, 0.3) is 0 Å². The Morgan fingerprint density at radius 3 is 2.54 bits per heavy atom. The SMILES string of the molecule is N#Cc1ccc(NC(=O)CSCCCOc2ccc(Cl)cc2)cc1. The fraction of sp³-hybridized carbons (Fsp3) is 0.222. The number of anilines is 1. The second-order valence-corrected chi connectivity index (χ2v) is 6.49. The Hall–Kier alpha value is -2.16. The van der Waals surface area contributed by atoms with Crippen molar-refractivity contribution in [2.45, 2.75) is 6.42 Å². The molecular weight excluding hydrogens is 344 g/mol. The van der Waals surface area contributed by atoms with Gasteiger partial charge < -0.3 is 10.1 Å². The van der Waals surface area contributed by atoms with Crippen LogP contribution in [0.3, 0.4) is 0 Å². The average molecular weight is 361 g/mol. The summed E-state index contributed by atoms with van der Waals surface area (Å²) in [7, 11) is 0. The highest BCUT2D eigenvalue weighted by Crippen LogP contribution is 2.16. The van der Waals surface area contributed by atoms with Crippen LogP contribution in [0.25, 0.3) is 0 Å². The molecule has 1 amide bonds. The van der Waals surface area contributed by atoms with E-state index in [-0.39, 0.29) is 5.91 Å². The summed E-state index contributed by atoms with van der Waals surface area (Å²) in [6, 6.07) is 16.1. The van der Waals surface area contributed by atoms with Crippen LogP contribution < -0.4 is 10.1 Å². The Labute approximate surface area is 150 Å². The van der Waals surface area contributed by atoms with Crippen LogP contribution in [-0.4, -0.2) is 24.0 Å². The smallest absolute Gasteiger partial charge is 0.234 e. The van der Waals surface area contributed by atoms with Gasteiger partial charge in [0.15, 0.2) is 0 Å². The number of benzene rings is 2. The number of ether oxygens (including phenoxy) is 1. The van der Waals surface area contributed by atoms with Crippen LogP contribution in [0, 0.1) is 11.3 Å². The van der Waals surface area contributed by atoms with Crippen LogP contribution in [0.1, 0.15) is 12.0 Å². The van der Waals surface area contributed by atoms with Gasteiger partial charge in [-0.3, -0.25) is 4.79 Å². The summed E-state index contributed by atoms with van der Waals surface area (Å²) in [4.78, 5) is 11.8. The molecule has 0 atom stereocenters. The molecule has 124 valence electrons. The average Bonchev–Trinajstić information content (AvgIpc) is 2.60. The molecule has 0 aliphatic carbocycles. The molecule has 0 bridgehead atoms. The third-order valence-electron chi connectivity index (χ3n) is 3.05. The molecule has 0 radical (unpaired) electrons. The van der Waals surface area contributed by atoms with E-state index < -0.39 is 0 Å². The van der Waals surface area contributed by atoms with Gasteiger partial charge >= 0.3 is 0 Å². The number of nitriles is 1. The molecule has 24 heavy (non-hydrogen) atoms. The highest BCUT2D eigenvalue weighted by Gasteiger charge is 2.03. The maximum atomic E-state index is 11.8. The highest BCUT2D eigenvalue weighted by atomic mass is 35.5. The minimum atomic E-state index is -0.0525. The van der Waals surface area contributed by atoms with Crippen molar-refractivity contribution in [3.8, 4) is 11.8 Å². The van der Waals surface area contributed by atoms with Gasteiger partial charge in [-0.2, -0.15) is 17.0 Å². The fourth-order valence-corrected chi connectivity index (χ4v) is 2.72. The third kappa shape index (κ3) is 6.53. The van der Waals surface area contributed by atoms with E-state index >= 15 is 0 Å². The maximum absolute atomic E-state index is 11.8. The van der Waals surface area contributed by atoms with Crippen molar-refractivity contribution < 1.29 is 9.53 Å². The van der Waals surface area contributed by atoms with Crippen LogP contribution >= 0.6 is 23.4 Å². The molecule has 0 aliphatic heterocycles. The van der Waals surface area contributed by atoms with E-state index in [1.165, 1.54) is 0 Å². The fourth-order valence-electron chi connectivity index (χ4n) is 1.87. The van der Waals surface area contributed by atoms with E-state index in [4.69, 9.17) is 21.6 Å². The molecule has 2 aromatic rings. The molecule has 6 heteroatoms. The second kappa shape index (κ2) is 9.86. The highest BCUT2D eigenvalue weighted by molar-refractivity contribution is 7.99. The number of rotatable bonds is 8. The number of hydrogen-bond donors (Lipinski definition) is 1. The van der Waals surface area contributed by atoms with Crippen molar-refractivity contribution in [3.63, 3.8) is 0 Å². The number of hydrogen-bond acceptors (Lipinski definition) is 4. The lowest BCUT2D eigenvalue weighted by Gasteiger charge is -2.07. The minimum Gasteiger partial charge on any atom is -0.494 e. The lowest BCUT2D eigenvalue weighted by atomic mass is 10.2. The number of nitrogens with zero attached hydrogens (tertiary/aromatic N) is 1. The molecule has 4 nitrogen and oxygen atoms in total. The van der Waals surface area contributed by atoms with Crippen molar-refractivity contribution in [1.29, 1.82) is 5.26 Å². The van der Waals surface area contributed by atoms with E-state index in [9.17, 15) is 4.79 Å². The molecular formula is C18H17ClN2O2S. The first-order valence-electron chi connectivity index (χ1n) is 7.43. The van der Waals surface area contributed by atoms with Crippen LogP contribution in [0.5, 0.6) is 5.75 Å². The van der Waals surface area contributed by atoms with E-state index in [0.717, 1.165) is 17.9 Å². The van der Waals surface area contributed by atoms with E-state index in [0.29, 0.717) is 28.6 Å². The van der Waals surface area contributed by atoms with E-state index in [1.54, 1.807) is 48.2 Å². The first-order valence-corrected chi connectivity index (χ1v) is 8.97. The van der Waals surface area contributed by atoms with Gasteiger partial charge in [0.05, 0.1) is 24.0 Å². The van der Waals surface area contributed by atoms with Crippen LogP contribution in [0.2, 0.25) is 5.02 Å². The molecule has 0 aromatic heterocycles. The van der Waals surface area contributed by atoms with Gasteiger partial charge in [0.1, 0.15) is 5.75 Å². The van der Waals surface area contributed by atoms with Crippen LogP contribution in [-0.2, 0) is 4.79 Å². The number of carbonyl (C=O) groups is 1. The van der Waals surface area contributed by atoms with Gasteiger partial charge in [0.2, 0.25) is 5.91 Å². The molecule has 2 rings (SSSR count). The number of amides is 1. The van der Waals surface area contributed by atoms with E-state index in [2.05, 4.69) is 5.32 Å². The number of nitrogens with one attached hydrogen (secondary N) is 1. The number of carbonyl (C=O) groups excluding carboxylic acids is 1.